The van der Waals surface area contributed by atoms with Gasteiger partial charge in [0.2, 0.25) is 0 Å². The van der Waals surface area contributed by atoms with Crippen molar-refractivity contribution in [2.24, 2.45) is 5.73 Å². The highest BCUT2D eigenvalue weighted by Gasteiger charge is 0.836. The van der Waals surface area contributed by atoms with Crippen molar-refractivity contribution in [1.82, 2.24) is 6.15 Å². The Kier molecular flexibility index (Phi) is 345. The van der Waals surface area contributed by atoms with Crippen molar-refractivity contribution in [3.8, 4) is 0 Å². The molecule has 4 heavy (non-hydrogen) atoms. The Hall–Kier alpha value is 0.650. The highest BCUT2D eigenvalue weighted by Crippen LogP contribution is 0.886. The van der Waals surface area contributed by atoms with Crippen molar-refractivity contribution in [2.75, 3.05) is 7.05 Å². The molecule has 0 fully saturated rings. The van der Waals surface area contributed by atoms with E-state index in [1.165, 1.54) is 7.05 Å². The van der Waals surface area contributed by atoms with Gasteiger partial charge >= 0.3 is 0 Å². The minimum atomic E-state index is 0. The largest absolute Gasteiger partial charge is 0.344 e. The molecule has 0 radical (unpaired) electrons. The van der Waals surface area contributed by atoms with Crippen LogP contribution < -0.4 is 11.9 Å². The zero-order valence-electron chi connectivity index (χ0n) is 2.69. The summed E-state index contributed by atoms with van der Waals surface area (Å²) in [6.45, 7) is 0. The number of nitrogens with two attached hydrogens (primary N) is 1. The first-order valence-corrected chi connectivity index (χ1v) is 0.577. The van der Waals surface area contributed by atoms with Crippen LogP contribution in [0.1, 0.15) is 0 Å². The summed E-state index contributed by atoms with van der Waals surface area (Å²) >= 11 is 0. The van der Waals surface area contributed by atoms with E-state index in [0.717, 1.165) is 0 Å². The van der Waals surface area contributed by atoms with Crippen LogP contribution in [-0.4, -0.2) is 7.05 Å². The standard InChI is InChI=1S/CH5N.HI.H3N/c1-2;;/h2H2,1H3;1H;1H3. The fourth-order valence-corrected chi connectivity index (χ4v) is 0. The van der Waals surface area contributed by atoms with E-state index in [-0.39, 0.29) is 30.1 Å². The molecule has 0 spiro atoms. The van der Waals surface area contributed by atoms with E-state index in [4.69, 9.17) is 0 Å². The Morgan fingerprint density at radius 1 is 1.25 bits per heavy atom. The van der Waals surface area contributed by atoms with Gasteiger partial charge < -0.3 is 11.9 Å². The van der Waals surface area contributed by atoms with Gasteiger partial charge in [0.25, 0.3) is 0 Å². The average Bonchev–Trinajstić information content (AvgIpc) is 1.00. The van der Waals surface area contributed by atoms with Crippen molar-refractivity contribution in [2.45, 2.75) is 0 Å². The maximum Gasteiger partial charge on any atom is -0.0195 e. The van der Waals surface area contributed by atoms with Gasteiger partial charge in [-0.15, -0.1) is 24.0 Å². The Balaban J connectivity index is -0.00000000500. The predicted octanol–water partition coefficient (Wildman–Crippen LogP) is 0.355. The van der Waals surface area contributed by atoms with E-state index < -0.39 is 0 Å². The molecule has 0 saturated carbocycles. The normalized spacial score (nSPS) is 1.50. The molecule has 0 amide bonds. The zero-order valence-corrected chi connectivity index (χ0v) is 5.02. The van der Waals surface area contributed by atoms with Gasteiger partial charge in [0, 0.05) is 0 Å². The first-order chi connectivity index (χ1) is 1.00. The molecule has 0 aliphatic heterocycles. The molecule has 0 aliphatic rings. The molecule has 0 atom stereocenters. The van der Waals surface area contributed by atoms with Crippen LogP contribution in [0.4, 0.5) is 0 Å². The van der Waals surface area contributed by atoms with Crippen molar-refractivity contribution < 1.29 is 0 Å². The third kappa shape index (κ3) is 17.1. The zero-order chi connectivity index (χ0) is 2.00. The van der Waals surface area contributed by atoms with Crippen LogP contribution in [0.25, 0.3) is 0 Å². The number of hydrogen-bond acceptors (Lipinski definition) is 2. The van der Waals surface area contributed by atoms with Crippen LogP contribution in [0.2, 0.25) is 0 Å². The maximum atomic E-state index is 4.50. The summed E-state index contributed by atoms with van der Waals surface area (Å²) in [5.41, 5.74) is 4.50. The molecule has 0 aromatic heterocycles. The Labute approximate surface area is 43.4 Å². The molecule has 0 saturated heterocycles. The first-order valence-electron chi connectivity index (χ1n) is 0.577. The van der Waals surface area contributed by atoms with Gasteiger partial charge in [0.1, 0.15) is 0 Å². The number of hydrogen-bond donors (Lipinski definition) is 2. The topological polar surface area (TPSA) is 61.0 Å². The van der Waals surface area contributed by atoms with Gasteiger partial charge in [-0.05, 0) is 7.05 Å². The van der Waals surface area contributed by atoms with Crippen molar-refractivity contribution in [1.29, 1.82) is 0 Å². The van der Waals surface area contributed by atoms with E-state index >= 15 is 0 Å². The Morgan fingerprint density at radius 2 is 1.25 bits per heavy atom. The minimum absolute atomic E-state index is 0. The van der Waals surface area contributed by atoms with E-state index in [1.807, 2.05) is 0 Å². The molecular weight excluding hydrogens is 167 g/mol. The van der Waals surface area contributed by atoms with Crippen molar-refractivity contribution in [3.05, 3.63) is 0 Å². The van der Waals surface area contributed by atoms with Crippen LogP contribution in [0, 0.1) is 0 Å². The van der Waals surface area contributed by atoms with Crippen molar-refractivity contribution in [3.63, 3.8) is 0 Å². The van der Waals surface area contributed by atoms with Crippen LogP contribution in [0.3, 0.4) is 0 Å². The maximum absolute atomic E-state index is 4.50. The summed E-state index contributed by atoms with van der Waals surface area (Å²) < 4.78 is 0. The third-order valence-corrected chi connectivity index (χ3v) is 0. The second-order valence-electron chi connectivity index (χ2n) is 0. The molecule has 0 heterocycles. The molecule has 0 aromatic carbocycles. The lowest BCUT2D eigenvalue weighted by molar-refractivity contribution is 1.48. The highest BCUT2D eigenvalue weighted by molar-refractivity contribution is 14.0. The summed E-state index contributed by atoms with van der Waals surface area (Å²) in [6, 6.07) is 0. The van der Waals surface area contributed by atoms with Crippen LogP contribution in [0.15, 0.2) is 0 Å². The fourth-order valence-electron chi connectivity index (χ4n) is 0. The lowest BCUT2D eigenvalue weighted by atomic mass is 11.6. The van der Waals surface area contributed by atoms with Crippen LogP contribution in [0.5, 0.6) is 0 Å². The Bertz CT molecular complexity index is 6.00. The van der Waals surface area contributed by atoms with Crippen molar-refractivity contribution >= 4 is 24.0 Å². The van der Waals surface area contributed by atoms with Gasteiger partial charge in [-0.1, -0.05) is 0 Å². The summed E-state index contributed by atoms with van der Waals surface area (Å²) in [7, 11) is 1.50. The summed E-state index contributed by atoms with van der Waals surface area (Å²) in [6.07, 6.45) is 0. The molecule has 0 bridgehead atoms. The van der Waals surface area contributed by atoms with Gasteiger partial charge in [0.05, 0.1) is 0 Å². The molecule has 0 aromatic rings. The number of rotatable bonds is 0. The number of halogens is 1. The Morgan fingerprint density at radius 3 is 1.25 bits per heavy atom. The van der Waals surface area contributed by atoms with Gasteiger partial charge in [-0.3, -0.25) is 0 Å². The van der Waals surface area contributed by atoms with Gasteiger partial charge in [-0.2, -0.15) is 0 Å². The molecule has 0 unspecified atom stereocenters. The van der Waals surface area contributed by atoms with E-state index in [0.29, 0.717) is 0 Å². The molecule has 30 valence electrons. The second-order valence-corrected chi connectivity index (χ2v) is 0. The predicted molar refractivity (Wildman–Crippen MR) is 30.5 cm³/mol. The molecular formula is CH9IN2. The lowest BCUT2D eigenvalue weighted by Gasteiger charge is -1.19. The minimum Gasteiger partial charge on any atom is -0.344 e. The molecule has 3 heteroatoms. The van der Waals surface area contributed by atoms with E-state index in [1.54, 1.807) is 0 Å². The third-order valence-electron chi connectivity index (χ3n) is 0. The fraction of sp³-hybridized carbons (Fsp3) is 1.00. The second kappa shape index (κ2) is 60.7. The van der Waals surface area contributed by atoms with Crippen LogP contribution in [-0.2, 0) is 0 Å². The smallest absolute Gasteiger partial charge is 0.0195 e. The van der Waals surface area contributed by atoms with Crippen LogP contribution >= 0.6 is 24.0 Å². The lowest BCUT2D eigenvalue weighted by Crippen LogP contribution is -1.69. The average molecular weight is 176 g/mol. The molecule has 2 nitrogen and oxygen atoms in total. The van der Waals surface area contributed by atoms with E-state index in [9.17, 15) is 0 Å². The summed E-state index contributed by atoms with van der Waals surface area (Å²) in [4.78, 5) is 0. The highest BCUT2D eigenvalue weighted by atomic mass is 127. The van der Waals surface area contributed by atoms with E-state index in [2.05, 4.69) is 5.73 Å². The SMILES string of the molecule is CN.I.N. The molecule has 5 N–H and O–H groups in total. The monoisotopic (exact) mass is 176 g/mol. The summed E-state index contributed by atoms with van der Waals surface area (Å²) in [5.74, 6) is 0. The first kappa shape index (κ1) is 22.8. The quantitative estimate of drug-likeness (QED) is 0.523. The molecule has 0 aliphatic carbocycles. The van der Waals surface area contributed by atoms with Gasteiger partial charge in [0.15, 0.2) is 0 Å². The van der Waals surface area contributed by atoms with Gasteiger partial charge in [-0.25, -0.2) is 0 Å². The molecule has 0 rings (SSSR count). The summed E-state index contributed by atoms with van der Waals surface area (Å²) in [5, 5.41) is 0.